The van der Waals surface area contributed by atoms with Crippen LogP contribution in [0.5, 0.6) is 0 Å². The number of hydrogen-bond donors (Lipinski definition) is 6. The largest absolute Gasteiger partial charge is 0.453 e. The number of imidazole rings is 2. The van der Waals surface area contributed by atoms with Gasteiger partial charge in [0.25, 0.3) is 0 Å². The van der Waals surface area contributed by atoms with Crippen LogP contribution in [0.15, 0.2) is 60.9 Å². The molecule has 0 radical (unpaired) electrons. The maximum Gasteiger partial charge on any atom is 0.407 e. The van der Waals surface area contributed by atoms with E-state index in [2.05, 4.69) is 73.8 Å². The van der Waals surface area contributed by atoms with E-state index in [1.807, 2.05) is 69.3 Å². The van der Waals surface area contributed by atoms with Crippen LogP contribution in [-0.4, -0.2) is 70.2 Å². The highest BCUT2D eigenvalue weighted by molar-refractivity contribution is 5.87. The number of nitrogens with zero attached hydrogens (tertiary/aromatic N) is 2. The number of rotatable bonds is 11. The fourth-order valence-electron chi connectivity index (χ4n) is 8.82. The van der Waals surface area contributed by atoms with Crippen molar-refractivity contribution in [1.29, 1.82) is 0 Å². The maximum atomic E-state index is 13.5. The lowest BCUT2D eigenvalue weighted by atomic mass is 9.90. The van der Waals surface area contributed by atoms with E-state index < -0.39 is 24.3 Å². The van der Waals surface area contributed by atoms with E-state index in [0.717, 1.165) is 65.7 Å². The Balaban J connectivity index is 1.00. The first-order valence-electron chi connectivity index (χ1n) is 21.2. The molecule has 7 rings (SSSR count). The Morgan fingerprint density at radius 2 is 1.43 bits per heavy atom. The molecule has 61 heavy (non-hydrogen) atoms. The zero-order valence-corrected chi connectivity index (χ0v) is 36.3. The minimum Gasteiger partial charge on any atom is -0.453 e. The number of alkyl carbamates (subject to hydrolysis) is 2. The number of amides is 4. The molecule has 6 N–H and O–H groups in total. The molecule has 0 bridgehead atoms. The predicted molar refractivity (Wildman–Crippen MR) is 230 cm³/mol. The second kappa shape index (κ2) is 17.5. The normalized spacial score (nSPS) is 26.4. The molecule has 2 aromatic carbocycles. The number of aromatic amines is 2. The van der Waals surface area contributed by atoms with Crippen molar-refractivity contribution in [3.8, 4) is 34.6 Å². The number of nitrogens with one attached hydrogen (secondary N) is 6. The van der Waals surface area contributed by atoms with Crippen molar-refractivity contribution in [2.24, 2.45) is 34.5 Å². The van der Waals surface area contributed by atoms with Crippen molar-refractivity contribution < 1.29 is 28.7 Å². The number of ether oxygens (including phenoxy) is 2. The van der Waals surface area contributed by atoms with Gasteiger partial charge in [-0.3, -0.25) is 9.59 Å². The van der Waals surface area contributed by atoms with Gasteiger partial charge in [-0.2, -0.15) is 0 Å². The lowest BCUT2D eigenvalue weighted by molar-refractivity contribution is -0.125. The summed E-state index contributed by atoms with van der Waals surface area (Å²) in [5, 5.41) is 11.8. The van der Waals surface area contributed by atoms with E-state index >= 15 is 0 Å². The molecule has 2 aliphatic carbocycles. The number of benzene rings is 2. The summed E-state index contributed by atoms with van der Waals surface area (Å²) in [6.45, 7) is 12.5. The van der Waals surface area contributed by atoms with E-state index in [1.165, 1.54) is 14.2 Å². The Morgan fingerprint density at radius 1 is 0.836 bits per heavy atom. The molecule has 1 unspecified atom stereocenters. The van der Waals surface area contributed by atoms with E-state index in [4.69, 9.17) is 9.47 Å². The monoisotopic (exact) mass is 830 g/mol. The van der Waals surface area contributed by atoms with E-state index in [0.29, 0.717) is 23.5 Å². The third-order valence-corrected chi connectivity index (χ3v) is 13.3. The second-order valence-corrected chi connectivity index (χ2v) is 18.3. The quantitative estimate of drug-likeness (QED) is 0.0857. The summed E-state index contributed by atoms with van der Waals surface area (Å²) >= 11 is 0. The summed E-state index contributed by atoms with van der Waals surface area (Å²) in [6.07, 6.45) is 6.82. The van der Waals surface area contributed by atoms with E-state index in [9.17, 15) is 19.2 Å². The molecular formula is C47H58N8O6. The zero-order valence-electron chi connectivity index (χ0n) is 36.3. The second-order valence-electron chi connectivity index (χ2n) is 18.3. The molecule has 9 atom stereocenters. The van der Waals surface area contributed by atoms with Gasteiger partial charge in [0.15, 0.2) is 0 Å². The van der Waals surface area contributed by atoms with Gasteiger partial charge in [0.2, 0.25) is 11.8 Å². The van der Waals surface area contributed by atoms with Gasteiger partial charge in [0, 0.05) is 22.3 Å². The molecule has 1 aliphatic heterocycles. The summed E-state index contributed by atoms with van der Waals surface area (Å²) < 4.78 is 9.57. The van der Waals surface area contributed by atoms with Crippen molar-refractivity contribution in [3.05, 3.63) is 83.4 Å². The summed E-state index contributed by atoms with van der Waals surface area (Å²) in [4.78, 5) is 67.2. The molecular weight excluding hydrogens is 773 g/mol. The van der Waals surface area contributed by atoms with Gasteiger partial charge >= 0.3 is 12.2 Å². The van der Waals surface area contributed by atoms with Crippen LogP contribution in [0.2, 0.25) is 0 Å². The lowest BCUT2D eigenvalue weighted by Gasteiger charge is -2.26. The molecule has 4 amide bonds. The highest BCUT2D eigenvalue weighted by Gasteiger charge is 2.53. The molecule has 3 fully saturated rings. The molecule has 2 saturated carbocycles. The van der Waals surface area contributed by atoms with Crippen LogP contribution in [0.3, 0.4) is 0 Å². The first kappa shape index (κ1) is 43.0. The third-order valence-electron chi connectivity index (χ3n) is 13.3. The molecule has 14 heteroatoms. The number of carbonyl (C=O) groups is 4. The Kier molecular flexibility index (Phi) is 12.3. The molecule has 322 valence electrons. The summed E-state index contributed by atoms with van der Waals surface area (Å²) in [5.74, 6) is 8.22. The number of methoxy groups -OCH3 is 2. The van der Waals surface area contributed by atoms with Crippen LogP contribution in [0.25, 0.3) is 22.8 Å². The van der Waals surface area contributed by atoms with Gasteiger partial charge in [-0.25, -0.2) is 19.6 Å². The van der Waals surface area contributed by atoms with Crippen molar-refractivity contribution in [1.82, 2.24) is 41.2 Å². The standard InChI is InChI=1S/C47H58N8O6/c1-26(2)38(54-44(58)60-7)42(56)52-34(22-46(5)20-28(46)4)36-24-48-40(50-36)31-15-11-29(12-16-31)9-10-30-13-17-32(18-14-30)41-49-25-37(51-41)35-23-47(6)21-33(47)19-27(3)39(43(57)53-35)55-45(59)61-8/h11-18,24-28,33-35,38-39H,19-23H2,1-8H3,(H,48,50)(H,49,51)(H,52,56)(H,53,57)(H,54,58)(H,55,59)/t27?,28-,33-,34-,35-,38-,39-,46+,47+/m0/s1. The SMILES string of the molecule is COC(=O)N[C@H](C(=O)N[C@@H](C[C@@]1(C)C[C@@H]1C)c1cnc(-c2ccc(C#Cc3ccc(-c4ncc([C@@H]5C[C@@]6(C)C[C@@H]6CC(C)[C@H](NC(=O)OC)C(=O)N5)[nH]4)cc3)cc2)[nH]1)C(C)C. The van der Waals surface area contributed by atoms with Gasteiger partial charge in [-0.05, 0) is 90.9 Å². The molecule has 3 heterocycles. The van der Waals surface area contributed by atoms with Gasteiger partial charge in [0.1, 0.15) is 23.7 Å². The Morgan fingerprint density at radius 3 is 2.00 bits per heavy atom. The molecule has 14 nitrogen and oxygen atoms in total. The van der Waals surface area contributed by atoms with E-state index in [-0.39, 0.29) is 46.6 Å². The molecule has 0 spiro atoms. The fourth-order valence-corrected chi connectivity index (χ4v) is 8.82. The highest BCUT2D eigenvalue weighted by Crippen LogP contribution is 2.60. The average Bonchev–Trinajstić information content (AvgIpc) is 3.76. The van der Waals surface area contributed by atoms with Crippen molar-refractivity contribution >= 4 is 24.0 Å². The first-order valence-corrected chi connectivity index (χ1v) is 21.2. The van der Waals surface area contributed by atoms with Crippen LogP contribution in [-0.2, 0) is 19.1 Å². The van der Waals surface area contributed by atoms with Crippen LogP contribution < -0.4 is 21.3 Å². The summed E-state index contributed by atoms with van der Waals surface area (Å²) in [6, 6.07) is 13.7. The maximum absolute atomic E-state index is 13.5. The lowest BCUT2D eigenvalue weighted by Crippen LogP contribution is -2.50. The number of H-pyrrole nitrogens is 2. The first-order chi connectivity index (χ1) is 29.1. The van der Waals surface area contributed by atoms with Gasteiger partial charge < -0.3 is 40.7 Å². The van der Waals surface area contributed by atoms with Gasteiger partial charge in [0.05, 0.1) is 50.1 Å². The Labute approximate surface area is 357 Å². The van der Waals surface area contributed by atoms with Gasteiger partial charge in [-0.1, -0.05) is 77.6 Å². The molecule has 4 aromatic rings. The van der Waals surface area contributed by atoms with E-state index in [1.54, 1.807) is 12.4 Å². The molecule has 2 aromatic heterocycles. The summed E-state index contributed by atoms with van der Waals surface area (Å²) in [7, 11) is 2.58. The molecule has 1 saturated heterocycles. The van der Waals surface area contributed by atoms with Crippen molar-refractivity contribution in [3.63, 3.8) is 0 Å². The zero-order chi connectivity index (χ0) is 43.6. The smallest absolute Gasteiger partial charge is 0.407 e. The Hall–Kier alpha value is -6.10. The highest BCUT2D eigenvalue weighted by atomic mass is 16.5. The van der Waals surface area contributed by atoms with Gasteiger partial charge in [-0.15, -0.1) is 0 Å². The fraction of sp³-hybridized carbons (Fsp3) is 0.489. The minimum absolute atomic E-state index is 0.0333. The van der Waals surface area contributed by atoms with Crippen LogP contribution >= 0.6 is 0 Å². The Bertz CT molecular complexity index is 2310. The van der Waals surface area contributed by atoms with Crippen molar-refractivity contribution in [2.75, 3.05) is 14.2 Å². The van der Waals surface area contributed by atoms with Crippen LogP contribution in [0.1, 0.15) is 108 Å². The predicted octanol–water partition coefficient (Wildman–Crippen LogP) is 7.18. The number of hydrogen-bond acceptors (Lipinski definition) is 8. The van der Waals surface area contributed by atoms with Crippen LogP contribution in [0, 0.1) is 46.3 Å². The number of aromatic nitrogens is 4. The number of fused-ring (bicyclic) bond motifs is 1. The van der Waals surface area contributed by atoms with Crippen LogP contribution in [0.4, 0.5) is 9.59 Å². The van der Waals surface area contributed by atoms with Crippen molar-refractivity contribution in [2.45, 2.75) is 97.8 Å². The number of carbonyl (C=O) groups excluding carboxylic acids is 4. The summed E-state index contributed by atoms with van der Waals surface area (Å²) in [5.41, 5.74) is 5.28. The third kappa shape index (κ3) is 9.93. The molecule has 3 aliphatic rings. The minimum atomic E-state index is -0.747. The average molecular weight is 831 g/mol. The topological polar surface area (TPSA) is 192 Å².